The van der Waals surface area contributed by atoms with Crippen molar-refractivity contribution in [1.29, 1.82) is 0 Å². The van der Waals surface area contributed by atoms with Gasteiger partial charge in [-0.3, -0.25) is 9.59 Å². The minimum absolute atomic E-state index is 0.0531. The van der Waals surface area contributed by atoms with Crippen LogP contribution in [0.2, 0.25) is 0 Å². The Labute approximate surface area is 129 Å². The van der Waals surface area contributed by atoms with Crippen LogP contribution in [0, 0.1) is 0 Å². The summed E-state index contributed by atoms with van der Waals surface area (Å²) in [4.78, 5) is 25.2. The second-order valence-electron chi connectivity index (χ2n) is 5.56. The predicted octanol–water partition coefficient (Wildman–Crippen LogP) is 1.76. The van der Waals surface area contributed by atoms with Gasteiger partial charge >= 0.3 is 0 Å². The van der Waals surface area contributed by atoms with E-state index in [9.17, 15) is 9.59 Å². The second-order valence-corrected chi connectivity index (χ2v) is 6.75. The standard InChI is InChI=1S/C16H20N2O2S/c19-15-10-18(9-8-17-15)16(20)11-21-14-7-3-5-12-4-1-2-6-13(12)14/h1-2,4,6,14H,3,5,7-11H2,(H,17,19)/t14-/m1/s1. The Morgan fingerprint density at radius 1 is 1.38 bits per heavy atom. The minimum Gasteiger partial charge on any atom is -0.353 e. The van der Waals surface area contributed by atoms with Crippen molar-refractivity contribution in [2.24, 2.45) is 0 Å². The van der Waals surface area contributed by atoms with Gasteiger partial charge in [0, 0.05) is 18.3 Å². The van der Waals surface area contributed by atoms with Crippen molar-refractivity contribution in [2.75, 3.05) is 25.4 Å². The summed E-state index contributed by atoms with van der Waals surface area (Å²) in [6, 6.07) is 8.54. The van der Waals surface area contributed by atoms with Gasteiger partial charge in [0.15, 0.2) is 0 Å². The quantitative estimate of drug-likeness (QED) is 0.925. The zero-order chi connectivity index (χ0) is 14.7. The van der Waals surface area contributed by atoms with E-state index in [-0.39, 0.29) is 18.4 Å². The summed E-state index contributed by atoms with van der Waals surface area (Å²) < 4.78 is 0. The lowest BCUT2D eigenvalue weighted by atomic mass is 9.91. The molecule has 1 aliphatic heterocycles. The van der Waals surface area contributed by atoms with Crippen molar-refractivity contribution < 1.29 is 9.59 Å². The summed E-state index contributed by atoms with van der Waals surface area (Å²) >= 11 is 1.72. The molecule has 3 rings (SSSR count). The van der Waals surface area contributed by atoms with E-state index in [2.05, 4.69) is 29.6 Å². The molecule has 2 amide bonds. The molecule has 0 unspecified atom stereocenters. The molecule has 112 valence electrons. The fraction of sp³-hybridized carbons (Fsp3) is 0.500. The predicted molar refractivity (Wildman–Crippen MR) is 84.2 cm³/mol. The summed E-state index contributed by atoms with van der Waals surface area (Å²) in [7, 11) is 0. The fourth-order valence-electron chi connectivity index (χ4n) is 3.00. The number of fused-ring (bicyclic) bond motifs is 1. The number of hydrogen-bond donors (Lipinski definition) is 1. The smallest absolute Gasteiger partial charge is 0.239 e. The van der Waals surface area contributed by atoms with E-state index in [4.69, 9.17) is 0 Å². The van der Waals surface area contributed by atoms with Crippen molar-refractivity contribution in [1.82, 2.24) is 10.2 Å². The molecule has 4 nitrogen and oxygen atoms in total. The average Bonchev–Trinajstić information content (AvgIpc) is 2.52. The zero-order valence-electron chi connectivity index (χ0n) is 12.0. The number of nitrogens with zero attached hydrogens (tertiary/aromatic N) is 1. The van der Waals surface area contributed by atoms with E-state index in [0.29, 0.717) is 24.1 Å². The largest absolute Gasteiger partial charge is 0.353 e. The topological polar surface area (TPSA) is 49.4 Å². The van der Waals surface area contributed by atoms with Gasteiger partial charge in [-0.05, 0) is 30.4 Å². The van der Waals surface area contributed by atoms with Gasteiger partial charge in [-0.15, -0.1) is 11.8 Å². The van der Waals surface area contributed by atoms with Crippen LogP contribution in [0.1, 0.15) is 29.2 Å². The number of nitrogens with one attached hydrogen (secondary N) is 1. The Balaban J connectivity index is 1.58. The van der Waals surface area contributed by atoms with Crippen molar-refractivity contribution in [3.63, 3.8) is 0 Å². The second kappa shape index (κ2) is 6.52. The van der Waals surface area contributed by atoms with Crippen molar-refractivity contribution >= 4 is 23.6 Å². The van der Waals surface area contributed by atoms with Crippen LogP contribution in [0.5, 0.6) is 0 Å². The Hall–Kier alpha value is -1.49. The zero-order valence-corrected chi connectivity index (χ0v) is 12.8. The third-order valence-corrected chi connectivity index (χ3v) is 5.42. The van der Waals surface area contributed by atoms with E-state index in [1.165, 1.54) is 17.5 Å². The molecule has 2 aliphatic rings. The molecule has 0 saturated carbocycles. The van der Waals surface area contributed by atoms with Crippen LogP contribution in [0.15, 0.2) is 24.3 Å². The molecular weight excluding hydrogens is 284 g/mol. The normalized spacial score (nSPS) is 21.6. The summed E-state index contributed by atoms with van der Waals surface area (Å²) in [6.45, 7) is 1.41. The van der Waals surface area contributed by atoms with Crippen LogP contribution < -0.4 is 5.32 Å². The highest BCUT2D eigenvalue weighted by molar-refractivity contribution is 8.00. The van der Waals surface area contributed by atoms with Gasteiger partial charge < -0.3 is 10.2 Å². The molecule has 5 heteroatoms. The molecular formula is C16H20N2O2S. The third-order valence-electron chi connectivity index (χ3n) is 4.11. The van der Waals surface area contributed by atoms with Gasteiger partial charge in [-0.25, -0.2) is 0 Å². The first-order chi connectivity index (χ1) is 10.2. The number of carbonyl (C=O) groups excluding carboxylic acids is 2. The van der Waals surface area contributed by atoms with Crippen LogP contribution in [0.3, 0.4) is 0 Å². The molecule has 21 heavy (non-hydrogen) atoms. The van der Waals surface area contributed by atoms with Crippen LogP contribution >= 0.6 is 11.8 Å². The van der Waals surface area contributed by atoms with Crippen molar-refractivity contribution in [2.45, 2.75) is 24.5 Å². The number of carbonyl (C=O) groups is 2. The molecule has 1 atom stereocenters. The highest BCUT2D eigenvalue weighted by Crippen LogP contribution is 2.39. The van der Waals surface area contributed by atoms with Crippen LogP contribution in [-0.2, 0) is 16.0 Å². The maximum Gasteiger partial charge on any atom is 0.239 e. The van der Waals surface area contributed by atoms with Gasteiger partial charge in [0.05, 0.1) is 12.3 Å². The van der Waals surface area contributed by atoms with E-state index in [1.807, 2.05) is 0 Å². The maximum atomic E-state index is 12.2. The van der Waals surface area contributed by atoms with Crippen LogP contribution in [0.4, 0.5) is 0 Å². The number of piperazine rings is 1. The molecule has 1 aromatic rings. The first-order valence-corrected chi connectivity index (χ1v) is 8.53. The monoisotopic (exact) mass is 304 g/mol. The van der Waals surface area contributed by atoms with Gasteiger partial charge in [0.1, 0.15) is 0 Å². The molecule has 0 bridgehead atoms. The average molecular weight is 304 g/mol. The Kier molecular flexibility index (Phi) is 4.48. The Morgan fingerprint density at radius 3 is 3.10 bits per heavy atom. The highest BCUT2D eigenvalue weighted by Gasteiger charge is 2.24. The van der Waals surface area contributed by atoms with Crippen LogP contribution in [0.25, 0.3) is 0 Å². The summed E-state index contributed by atoms with van der Waals surface area (Å²) in [5.74, 6) is 0.493. The molecule has 1 fully saturated rings. The summed E-state index contributed by atoms with van der Waals surface area (Å²) in [5.41, 5.74) is 2.81. The van der Waals surface area contributed by atoms with Gasteiger partial charge in [-0.1, -0.05) is 24.3 Å². The van der Waals surface area contributed by atoms with Crippen molar-refractivity contribution in [3.8, 4) is 0 Å². The lowest BCUT2D eigenvalue weighted by molar-refractivity contribution is -0.136. The van der Waals surface area contributed by atoms with E-state index < -0.39 is 0 Å². The Bertz CT molecular complexity index is 547. The van der Waals surface area contributed by atoms with Gasteiger partial charge in [0.2, 0.25) is 11.8 Å². The van der Waals surface area contributed by atoms with Crippen LogP contribution in [-0.4, -0.2) is 42.1 Å². The highest BCUT2D eigenvalue weighted by atomic mass is 32.2. The minimum atomic E-state index is -0.0531. The molecule has 0 aromatic heterocycles. The first kappa shape index (κ1) is 14.4. The van der Waals surface area contributed by atoms with Gasteiger partial charge in [0.25, 0.3) is 0 Å². The Morgan fingerprint density at radius 2 is 2.24 bits per heavy atom. The number of hydrogen-bond acceptors (Lipinski definition) is 3. The number of thioether (sulfide) groups is 1. The molecule has 1 saturated heterocycles. The molecule has 1 N–H and O–H groups in total. The fourth-order valence-corrected chi connectivity index (χ4v) is 4.27. The van der Waals surface area contributed by atoms with E-state index in [0.717, 1.165) is 12.8 Å². The number of amides is 2. The third kappa shape index (κ3) is 3.40. The molecule has 0 spiro atoms. The molecule has 1 heterocycles. The van der Waals surface area contributed by atoms with E-state index >= 15 is 0 Å². The number of aryl methyl sites for hydroxylation is 1. The lowest BCUT2D eigenvalue weighted by Crippen LogP contribution is -2.50. The first-order valence-electron chi connectivity index (χ1n) is 7.48. The summed E-state index contributed by atoms with van der Waals surface area (Å²) in [6.07, 6.45) is 3.47. The summed E-state index contributed by atoms with van der Waals surface area (Å²) in [5, 5.41) is 3.16. The SMILES string of the molecule is O=C1CN(C(=O)CS[C@@H]2CCCc3ccccc32)CCN1. The van der Waals surface area contributed by atoms with Crippen molar-refractivity contribution in [3.05, 3.63) is 35.4 Å². The molecule has 1 aromatic carbocycles. The van der Waals surface area contributed by atoms with E-state index in [1.54, 1.807) is 16.7 Å². The molecule has 1 aliphatic carbocycles. The lowest BCUT2D eigenvalue weighted by Gasteiger charge is -2.28. The molecule has 0 radical (unpaired) electrons. The number of rotatable bonds is 3. The van der Waals surface area contributed by atoms with Gasteiger partial charge in [-0.2, -0.15) is 0 Å². The number of benzene rings is 1. The maximum absolute atomic E-state index is 12.2.